The Morgan fingerprint density at radius 2 is 2.00 bits per heavy atom. The normalized spacial score (nSPS) is 23.1. The van der Waals surface area contributed by atoms with Gasteiger partial charge in [0.1, 0.15) is 0 Å². The first kappa shape index (κ1) is 12.8. The van der Waals surface area contributed by atoms with Gasteiger partial charge in [0.2, 0.25) is 0 Å². The molecule has 1 saturated carbocycles. The van der Waals surface area contributed by atoms with Gasteiger partial charge in [-0.3, -0.25) is 16.3 Å². The molecule has 3 nitrogen and oxygen atoms in total. The molecule has 0 aliphatic heterocycles. The summed E-state index contributed by atoms with van der Waals surface area (Å²) in [5.74, 6) is 6.84. The van der Waals surface area contributed by atoms with Crippen LogP contribution >= 0.6 is 15.9 Å². The molecule has 98 valence electrons. The SMILES string of the molecule is NNC(c1ccc(Br)cn1)C1CC1c1ccccc1. The van der Waals surface area contributed by atoms with Crippen molar-refractivity contribution in [3.63, 3.8) is 0 Å². The van der Waals surface area contributed by atoms with Gasteiger partial charge in [-0.25, -0.2) is 0 Å². The van der Waals surface area contributed by atoms with Gasteiger partial charge in [0.15, 0.2) is 0 Å². The maximum atomic E-state index is 5.72. The Morgan fingerprint density at radius 3 is 2.63 bits per heavy atom. The van der Waals surface area contributed by atoms with Crippen molar-refractivity contribution in [2.24, 2.45) is 11.8 Å². The molecule has 1 heterocycles. The summed E-state index contributed by atoms with van der Waals surface area (Å²) in [6.07, 6.45) is 2.98. The molecule has 2 aromatic rings. The summed E-state index contributed by atoms with van der Waals surface area (Å²) in [5, 5.41) is 0. The molecule has 1 aliphatic carbocycles. The first-order chi connectivity index (χ1) is 9.29. The van der Waals surface area contributed by atoms with Gasteiger partial charge < -0.3 is 0 Å². The van der Waals surface area contributed by atoms with Crippen LogP contribution in [0.3, 0.4) is 0 Å². The van der Waals surface area contributed by atoms with E-state index < -0.39 is 0 Å². The highest BCUT2D eigenvalue weighted by molar-refractivity contribution is 9.10. The lowest BCUT2D eigenvalue weighted by atomic mass is 10.0. The standard InChI is InChI=1S/C15H16BrN3/c16-11-6-7-14(18-9-11)15(19-17)13-8-12(13)10-4-2-1-3-5-10/h1-7,9,12-13,15,19H,8,17H2. The molecule has 0 radical (unpaired) electrons. The van der Waals surface area contributed by atoms with Gasteiger partial charge in [-0.2, -0.15) is 0 Å². The van der Waals surface area contributed by atoms with Crippen molar-refractivity contribution in [1.82, 2.24) is 10.4 Å². The van der Waals surface area contributed by atoms with E-state index in [4.69, 9.17) is 5.84 Å². The third kappa shape index (κ3) is 2.71. The fourth-order valence-corrected chi connectivity index (χ4v) is 2.90. The van der Waals surface area contributed by atoms with E-state index in [1.807, 2.05) is 18.3 Å². The Bertz CT molecular complexity index is 541. The molecule has 0 amide bonds. The maximum absolute atomic E-state index is 5.72. The summed E-state index contributed by atoms with van der Waals surface area (Å²) in [4.78, 5) is 4.45. The van der Waals surface area contributed by atoms with Gasteiger partial charge in [0, 0.05) is 10.7 Å². The lowest BCUT2D eigenvalue weighted by Crippen LogP contribution is -2.30. The summed E-state index contributed by atoms with van der Waals surface area (Å²) in [6.45, 7) is 0. The number of rotatable bonds is 4. The van der Waals surface area contributed by atoms with Crippen LogP contribution in [0.1, 0.15) is 29.6 Å². The topological polar surface area (TPSA) is 50.9 Å². The number of hydrogen-bond acceptors (Lipinski definition) is 3. The quantitative estimate of drug-likeness (QED) is 0.672. The second-order valence-corrected chi connectivity index (χ2v) is 5.88. The first-order valence-electron chi connectivity index (χ1n) is 6.42. The molecule has 19 heavy (non-hydrogen) atoms. The molecule has 1 aromatic carbocycles. The highest BCUT2D eigenvalue weighted by Gasteiger charge is 2.44. The minimum Gasteiger partial charge on any atom is -0.271 e. The largest absolute Gasteiger partial charge is 0.271 e. The first-order valence-corrected chi connectivity index (χ1v) is 7.21. The van der Waals surface area contributed by atoms with Crippen molar-refractivity contribution in [3.8, 4) is 0 Å². The smallest absolute Gasteiger partial charge is 0.0666 e. The van der Waals surface area contributed by atoms with E-state index in [9.17, 15) is 0 Å². The third-order valence-corrected chi connectivity index (χ3v) is 4.21. The van der Waals surface area contributed by atoms with Crippen LogP contribution in [-0.2, 0) is 0 Å². The number of hydrogen-bond donors (Lipinski definition) is 2. The molecule has 1 aromatic heterocycles. The van der Waals surface area contributed by atoms with Gasteiger partial charge in [-0.1, -0.05) is 30.3 Å². The molecule has 3 N–H and O–H groups in total. The summed E-state index contributed by atoms with van der Waals surface area (Å²) in [6, 6.07) is 14.8. The van der Waals surface area contributed by atoms with E-state index in [-0.39, 0.29) is 6.04 Å². The Kier molecular flexibility index (Phi) is 3.64. The van der Waals surface area contributed by atoms with Crippen LogP contribution in [-0.4, -0.2) is 4.98 Å². The highest BCUT2D eigenvalue weighted by Crippen LogP contribution is 2.53. The number of nitrogens with two attached hydrogens (primary N) is 1. The average Bonchev–Trinajstić information content (AvgIpc) is 3.23. The fourth-order valence-electron chi connectivity index (χ4n) is 2.67. The van der Waals surface area contributed by atoms with Gasteiger partial charge in [0.05, 0.1) is 11.7 Å². The van der Waals surface area contributed by atoms with Crippen molar-refractivity contribution in [2.75, 3.05) is 0 Å². The Hall–Kier alpha value is -1.23. The molecule has 3 unspecified atom stereocenters. The van der Waals surface area contributed by atoms with E-state index in [1.54, 1.807) is 0 Å². The zero-order valence-corrected chi connectivity index (χ0v) is 12.0. The summed E-state index contributed by atoms with van der Waals surface area (Å²) in [7, 11) is 0. The number of benzene rings is 1. The van der Waals surface area contributed by atoms with Gasteiger partial charge >= 0.3 is 0 Å². The maximum Gasteiger partial charge on any atom is 0.0666 e. The molecule has 0 saturated heterocycles. The molecule has 0 spiro atoms. The summed E-state index contributed by atoms with van der Waals surface area (Å²) in [5.41, 5.74) is 5.32. The van der Waals surface area contributed by atoms with Crippen LogP contribution < -0.4 is 11.3 Å². The van der Waals surface area contributed by atoms with E-state index in [1.165, 1.54) is 5.56 Å². The van der Waals surface area contributed by atoms with Crippen molar-refractivity contribution >= 4 is 15.9 Å². The molecule has 0 bridgehead atoms. The number of hydrazine groups is 1. The zero-order valence-electron chi connectivity index (χ0n) is 10.5. The van der Waals surface area contributed by atoms with E-state index in [2.05, 4.69) is 56.7 Å². The van der Waals surface area contributed by atoms with Crippen molar-refractivity contribution < 1.29 is 0 Å². The number of aromatic nitrogens is 1. The van der Waals surface area contributed by atoms with E-state index in [0.717, 1.165) is 16.6 Å². The van der Waals surface area contributed by atoms with Crippen LogP contribution in [0.25, 0.3) is 0 Å². The third-order valence-electron chi connectivity index (χ3n) is 3.74. The summed E-state index contributed by atoms with van der Waals surface area (Å²) >= 11 is 3.40. The molecule has 1 aliphatic rings. The predicted octanol–water partition coefficient (Wildman–Crippen LogP) is 3.15. The lowest BCUT2D eigenvalue weighted by Gasteiger charge is -2.15. The number of pyridine rings is 1. The van der Waals surface area contributed by atoms with Crippen LogP contribution in [0.2, 0.25) is 0 Å². The minimum atomic E-state index is 0.123. The van der Waals surface area contributed by atoms with Crippen molar-refractivity contribution in [2.45, 2.75) is 18.4 Å². The Labute approximate surface area is 121 Å². The second kappa shape index (κ2) is 5.41. The highest BCUT2D eigenvalue weighted by atomic mass is 79.9. The lowest BCUT2D eigenvalue weighted by molar-refractivity contribution is 0.476. The number of nitrogens with zero attached hydrogens (tertiary/aromatic N) is 1. The van der Waals surface area contributed by atoms with Crippen LogP contribution in [0.5, 0.6) is 0 Å². The van der Waals surface area contributed by atoms with Gasteiger partial charge in [0.25, 0.3) is 0 Å². The second-order valence-electron chi connectivity index (χ2n) is 4.96. The molecule has 3 atom stereocenters. The van der Waals surface area contributed by atoms with Gasteiger partial charge in [-0.05, 0) is 51.9 Å². The Morgan fingerprint density at radius 1 is 1.21 bits per heavy atom. The number of nitrogens with one attached hydrogen (secondary N) is 1. The zero-order chi connectivity index (χ0) is 13.2. The summed E-state index contributed by atoms with van der Waals surface area (Å²) < 4.78 is 0.988. The fraction of sp³-hybridized carbons (Fsp3) is 0.267. The van der Waals surface area contributed by atoms with Crippen LogP contribution in [0.4, 0.5) is 0 Å². The molecule has 1 fully saturated rings. The van der Waals surface area contributed by atoms with E-state index >= 15 is 0 Å². The Balaban J connectivity index is 1.77. The predicted molar refractivity (Wildman–Crippen MR) is 79.3 cm³/mol. The van der Waals surface area contributed by atoms with Crippen molar-refractivity contribution in [1.29, 1.82) is 0 Å². The van der Waals surface area contributed by atoms with Crippen LogP contribution in [0.15, 0.2) is 53.1 Å². The van der Waals surface area contributed by atoms with Crippen molar-refractivity contribution in [3.05, 3.63) is 64.4 Å². The molecular weight excluding hydrogens is 302 g/mol. The van der Waals surface area contributed by atoms with E-state index in [0.29, 0.717) is 11.8 Å². The minimum absolute atomic E-state index is 0.123. The molecular formula is C15H16BrN3. The monoisotopic (exact) mass is 317 g/mol. The molecule has 3 rings (SSSR count). The number of halogens is 1. The van der Waals surface area contributed by atoms with Gasteiger partial charge in [-0.15, -0.1) is 0 Å². The average molecular weight is 318 g/mol. The molecule has 4 heteroatoms. The van der Waals surface area contributed by atoms with Crippen LogP contribution in [0, 0.1) is 5.92 Å².